The van der Waals surface area contributed by atoms with Crippen LogP contribution in [0.2, 0.25) is 0 Å². The number of aromatic nitrogens is 1. The van der Waals surface area contributed by atoms with Crippen LogP contribution in [0, 0.1) is 0 Å². The molecule has 4 rings (SSSR count). The maximum atomic E-state index is 12.9. The molecule has 2 aromatic rings. The molecule has 1 aromatic carbocycles. The lowest BCUT2D eigenvalue weighted by Gasteiger charge is -2.29. The van der Waals surface area contributed by atoms with Gasteiger partial charge in [-0.3, -0.25) is 4.79 Å². The summed E-state index contributed by atoms with van der Waals surface area (Å²) in [6.45, 7) is 1.39. The number of carbonyl (C=O) groups is 1. The van der Waals surface area contributed by atoms with Gasteiger partial charge in [0.25, 0.3) is 5.91 Å². The van der Waals surface area contributed by atoms with E-state index in [2.05, 4.69) is 4.98 Å². The molecule has 0 radical (unpaired) electrons. The van der Waals surface area contributed by atoms with Crippen molar-refractivity contribution in [2.75, 3.05) is 18.1 Å². The summed E-state index contributed by atoms with van der Waals surface area (Å²) in [5, 5.41) is 11.0. The summed E-state index contributed by atoms with van der Waals surface area (Å²) in [5.74, 6) is 0.0774. The van der Waals surface area contributed by atoms with E-state index in [-0.39, 0.29) is 17.8 Å². The minimum atomic E-state index is -0.0887. The number of benzene rings is 1. The molecule has 1 N–H and O–H groups in total. The predicted molar refractivity (Wildman–Crippen MR) is 88.1 cm³/mol. The molecule has 5 nitrogen and oxygen atoms in total. The van der Waals surface area contributed by atoms with Crippen LogP contribution in [-0.2, 0) is 11.2 Å². The Kier molecular flexibility index (Phi) is 3.79. The van der Waals surface area contributed by atoms with Gasteiger partial charge in [0.15, 0.2) is 0 Å². The third kappa shape index (κ3) is 2.62. The lowest BCUT2D eigenvalue weighted by atomic mass is 10.0. The molecule has 1 aromatic heterocycles. The molecule has 6 heteroatoms. The van der Waals surface area contributed by atoms with Crippen molar-refractivity contribution in [2.45, 2.75) is 31.8 Å². The van der Waals surface area contributed by atoms with E-state index in [1.165, 1.54) is 11.3 Å². The number of ether oxygens (including phenoxy) is 1. The van der Waals surface area contributed by atoms with Crippen LogP contribution in [0.5, 0.6) is 5.75 Å². The Morgan fingerprint density at radius 1 is 1.39 bits per heavy atom. The van der Waals surface area contributed by atoms with Crippen molar-refractivity contribution in [1.82, 2.24) is 4.98 Å². The molecular formula is C17H18N2O3S. The highest BCUT2D eigenvalue weighted by atomic mass is 32.1. The Hall–Kier alpha value is -1.92. The Morgan fingerprint density at radius 2 is 2.30 bits per heavy atom. The van der Waals surface area contributed by atoms with Crippen LogP contribution in [0.1, 0.15) is 45.6 Å². The fourth-order valence-corrected chi connectivity index (χ4v) is 4.23. The third-order valence-electron chi connectivity index (χ3n) is 4.38. The van der Waals surface area contributed by atoms with Gasteiger partial charge in [0.2, 0.25) is 0 Å². The van der Waals surface area contributed by atoms with E-state index >= 15 is 0 Å². The van der Waals surface area contributed by atoms with Crippen molar-refractivity contribution in [3.05, 3.63) is 39.8 Å². The number of carbonyl (C=O) groups excluding carboxylic acids is 1. The Labute approximate surface area is 138 Å². The van der Waals surface area contributed by atoms with Crippen molar-refractivity contribution in [2.24, 2.45) is 0 Å². The third-order valence-corrected chi connectivity index (χ3v) is 5.46. The topological polar surface area (TPSA) is 62.7 Å². The number of phenolic OH excluding ortho intramolecular Hbond substituents is 1. The molecule has 0 bridgehead atoms. The van der Waals surface area contributed by atoms with E-state index in [1.807, 2.05) is 12.1 Å². The van der Waals surface area contributed by atoms with Gasteiger partial charge in [0, 0.05) is 13.2 Å². The molecular weight excluding hydrogens is 312 g/mol. The van der Waals surface area contributed by atoms with Crippen molar-refractivity contribution in [1.29, 1.82) is 0 Å². The molecule has 3 heterocycles. The van der Waals surface area contributed by atoms with Crippen molar-refractivity contribution >= 4 is 22.9 Å². The zero-order valence-corrected chi connectivity index (χ0v) is 13.5. The van der Waals surface area contributed by atoms with Crippen molar-refractivity contribution < 1.29 is 14.6 Å². The van der Waals surface area contributed by atoms with E-state index in [0.29, 0.717) is 17.1 Å². The summed E-state index contributed by atoms with van der Waals surface area (Å²) >= 11 is 1.40. The fraction of sp³-hybridized carbons (Fsp3) is 0.412. The van der Waals surface area contributed by atoms with Gasteiger partial charge in [0.1, 0.15) is 21.7 Å². The second-order valence-electron chi connectivity index (χ2n) is 5.91. The number of hydrogen-bond acceptors (Lipinski definition) is 5. The molecule has 2 aliphatic rings. The minimum Gasteiger partial charge on any atom is -0.506 e. The van der Waals surface area contributed by atoms with Crippen LogP contribution in [0.25, 0.3) is 0 Å². The maximum Gasteiger partial charge on any atom is 0.270 e. The largest absolute Gasteiger partial charge is 0.506 e. The lowest BCUT2D eigenvalue weighted by molar-refractivity contribution is 0.0988. The number of fused-ring (bicyclic) bond motifs is 1. The van der Waals surface area contributed by atoms with Crippen LogP contribution in [0.15, 0.2) is 24.4 Å². The number of thiazole rings is 1. The summed E-state index contributed by atoms with van der Waals surface area (Å²) in [4.78, 5) is 19.5. The Morgan fingerprint density at radius 3 is 3.13 bits per heavy atom. The average molecular weight is 330 g/mol. The molecule has 120 valence electrons. The monoisotopic (exact) mass is 330 g/mol. The number of aryl methyl sites for hydroxylation is 1. The molecule has 1 fully saturated rings. The number of rotatable bonds is 2. The van der Waals surface area contributed by atoms with Gasteiger partial charge < -0.3 is 14.7 Å². The summed E-state index contributed by atoms with van der Waals surface area (Å²) in [5.41, 5.74) is 1.67. The van der Waals surface area contributed by atoms with E-state index in [9.17, 15) is 9.90 Å². The van der Waals surface area contributed by atoms with Gasteiger partial charge in [-0.15, -0.1) is 11.3 Å². The standard InChI is InChI=1S/C17H18N2O3S/c20-12-6-1-4-11-5-2-8-19(15(11)12)17(21)14-10-18-16(23-14)13-7-3-9-22-13/h1,4,6,10,13,20H,2-3,5,7-9H2. The molecule has 0 aliphatic carbocycles. The average Bonchev–Trinajstić information content (AvgIpc) is 3.25. The first-order valence-corrected chi connectivity index (χ1v) is 8.76. The zero-order chi connectivity index (χ0) is 15.8. The van der Waals surface area contributed by atoms with Gasteiger partial charge in [0.05, 0.1) is 11.9 Å². The maximum absolute atomic E-state index is 12.9. The normalized spacial score (nSPS) is 20.5. The van der Waals surface area contributed by atoms with Gasteiger partial charge in [-0.2, -0.15) is 0 Å². The van der Waals surface area contributed by atoms with Crippen LogP contribution in [0.3, 0.4) is 0 Å². The number of hydrogen-bond donors (Lipinski definition) is 1. The number of nitrogens with zero attached hydrogens (tertiary/aromatic N) is 2. The van der Waals surface area contributed by atoms with Crippen molar-refractivity contribution in [3.63, 3.8) is 0 Å². The van der Waals surface area contributed by atoms with Crippen LogP contribution >= 0.6 is 11.3 Å². The lowest BCUT2D eigenvalue weighted by Crippen LogP contribution is -2.35. The highest BCUT2D eigenvalue weighted by molar-refractivity contribution is 7.13. The number of phenols is 1. The molecule has 23 heavy (non-hydrogen) atoms. The fourth-order valence-electron chi connectivity index (χ4n) is 3.27. The van der Waals surface area contributed by atoms with E-state index in [4.69, 9.17) is 4.74 Å². The smallest absolute Gasteiger partial charge is 0.270 e. The highest BCUT2D eigenvalue weighted by Gasteiger charge is 2.29. The quantitative estimate of drug-likeness (QED) is 0.918. The van der Waals surface area contributed by atoms with Crippen LogP contribution in [0.4, 0.5) is 5.69 Å². The SMILES string of the molecule is O=C(c1cnc(C2CCCO2)s1)N1CCCc2cccc(O)c21. The molecule has 0 saturated carbocycles. The first-order valence-electron chi connectivity index (χ1n) is 7.94. The molecule has 1 unspecified atom stereocenters. The number of aromatic hydroxyl groups is 1. The van der Waals surface area contributed by atoms with Gasteiger partial charge >= 0.3 is 0 Å². The van der Waals surface area contributed by atoms with Gasteiger partial charge in [-0.05, 0) is 37.3 Å². The summed E-state index contributed by atoms with van der Waals surface area (Å²) in [7, 11) is 0. The molecule has 1 saturated heterocycles. The summed E-state index contributed by atoms with van der Waals surface area (Å²) in [6.07, 6.45) is 5.47. The Balaban J connectivity index is 1.63. The summed E-state index contributed by atoms with van der Waals surface area (Å²) in [6, 6.07) is 5.43. The number of anilines is 1. The second kappa shape index (κ2) is 5.94. The first kappa shape index (κ1) is 14.7. The predicted octanol–water partition coefficient (Wildman–Crippen LogP) is 3.29. The minimum absolute atomic E-state index is 0.0311. The van der Waals surface area contributed by atoms with E-state index in [1.54, 1.807) is 17.2 Å². The van der Waals surface area contributed by atoms with E-state index < -0.39 is 0 Å². The van der Waals surface area contributed by atoms with Crippen LogP contribution < -0.4 is 4.90 Å². The first-order chi connectivity index (χ1) is 11.2. The Bertz CT molecular complexity index is 737. The molecule has 1 amide bonds. The molecule has 2 aliphatic heterocycles. The van der Waals surface area contributed by atoms with E-state index in [0.717, 1.165) is 42.9 Å². The van der Waals surface area contributed by atoms with Gasteiger partial charge in [-0.25, -0.2) is 4.98 Å². The highest BCUT2D eigenvalue weighted by Crippen LogP contribution is 2.37. The molecule has 1 atom stereocenters. The molecule has 0 spiro atoms. The number of para-hydroxylation sites is 1. The zero-order valence-electron chi connectivity index (χ0n) is 12.7. The van der Waals surface area contributed by atoms with Crippen LogP contribution in [-0.4, -0.2) is 29.1 Å². The summed E-state index contributed by atoms with van der Waals surface area (Å²) < 4.78 is 5.64. The number of amides is 1. The second-order valence-corrected chi connectivity index (χ2v) is 6.97. The van der Waals surface area contributed by atoms with Gasteiger partial charge in [-0.1, -0.05) is 12.1 Å². The van der Waals surface area contributed by atoms with Crippen molar-refractivity contribution in [3.8, 4) is 5.75 Å².